The second-order valence-electron chi connectivity index (χ2n) is 16.2. The van der Waals surface area contributed by atoms with Gasteiger partial charge in [-0.1, -0.05) is 77.1 Å². The number of nitrogens with one attached hydrogen (secondary N) is 1. The van der Waals surface area contributed by atoms with E-state index < -0.39 is 0 Å². The van der Waals surface area contributed by atoms with Crippen LogP contribution in [0.4, 0.5) is 4.39 Å². The van der Waals surface area contributed by atoms with E-state index in [0.29, 0.717) is 47.0 Å². The van der Waals surface area contributed by atoms with Crippen molar-refractivity contribution in [3.8, 4) is 0 Å². The maximum Gasteiger partial charge on any atom is 0.150 e. The van der Waals surface area contributed by atoms with Gasteiger partial charge in [0.1, 0.15) is 13.0 Å². The smallest absolute Gasteiger partial charge is 0.150 e. The summed E-state index contributed by atoms with van der Waals surface area (Å²) >= 11 is 0. The molecule has 3 heteroatoms. The molecule has 4 fully saturated rings. The molecule has 5 aliphatic carbocycles. The molecule has 0 radical (unpaired) electrons. The molecule has 0 bridgehead atoms. The Balaban J connectivity index is 1.36. The van der Waals surface area contributed by atoms with Crippen molar-refractivity contribution in [1.29, 1.82) is 0 Å². The molecular formula is C38H54FNO. The number of allylic oxidation sites excluding steroid dienone is 3. The molecule has 0 amide bonds. The lowest BCUT2D eigenvalue weighted by molar-refractivity contribution is -0.219. The van der Waals surface area contributed by atoms with Crippen LogP contribution >= 0.6 is 0 Å². The molecule has 4 saturated carbocycles. The largest absolute Gasteiger partial charge is 0.308 e. The summed E-state index contributed by atoms with van der Waals surface area (Å²) in [5.41, 5.74) is 5.91. The van der Waals surface area contributed by atoms with E-state index in [4.69, 9.17) is 0 Å². The summed E-state index contributed by atoms with van der Waals surface area (Å²) in [4.78, 5) is 11.3. The number of hydrogen-bond donors (Lipinski definition) is 1. The van der Waals surface area contributed by atoms with Crippen molar-refractivity contribution in [3.63, 3.8) is 0 Å². The van der Waals surface area contributed by atoms with Crippen LogP contribution in [0.15, 0.2) is 42.5 Å². The molecule has 41 heavy (non-hydrogen) atoms. The third kappa shape index (κ3) is 3.99. The number of aldehydes is 1. The van der Waals surface area contributed by atoms with E-state index >= 15 is 0 Å². The summed E-state index contributed by atoms with van der Waals surface area (Å²) in [7, 11) is 0. The highest BCUT2D eigenvalue weighted by molar-refractivity contribution is 5.78. The topological polar surface area (TPSA) is 29.1 Å². The number of halogens is 1. The second-order valence-corrected chi connectivity index (χ2v) is 16.2. The Bertz CT molecular complexity index is 1230. The van der Waals surface area contributed by atoms with Gasteiger partial charge < -0.3 is 5.32 Å². The zero-order chi connectivity index (χ0) is 29.4. The van der Waals surface area contributed by atoms with Crippen molar-refractivity contribution >= 4 is 11.9 Å². The first kappa shape index (κ1) is 29.3. The zero-order valence-corrected chi connectivity index (χ0v) is 26.6. The molecule has 0 aliphatic heterocycles. The summed E-state index contributed by atoms with van der Waals surface area (Å²) in [6.07, 6.45) is 14.7. The predicted octanol–water partition coefficient (Wildman–Crippen LogP) is 9.46. The molecule has 2 nitrogen and oxygen atoms in total. The SMILES string of the molecule is C=C(C)[C@@H]1CC[C@]2(NCCF)CC[C@]3(C)[C@H](CC[C@@H]4[C@@]5(C)CC=C(c6ccc(C=O)cc6)C(C)(C)[C@@H]5CC[C@]43C)[C@@H]12. The Morgan fingerprint density at radius 3 is 2.34 bits per heavy atom. The van der Waals surface area contributed by atoms with E-state index in [-0.39, 0.29) is 23.0 Å². The number of benzene rings is 1. The fourth-order valence-corrected chi connectivity index (χ4v) is 12.6. The van der Waals surface area contributed by atoms with Crippen LogP contribution < -0.4 is 5.32 Å². The van der Waals surface area contributed by atoms with Crippen molar-refractivity contribution in [2.75, 3.05) is 13.2 Å². The summed E-state index contributed by atoms with van der Waals surface area (Å²) in [6, 6.07) is 8.26. The van der Waals surface area contributed by atoms with Crippen molar-refractivity contribution in [3.05, 3.63) is 53.6 Å². The van der Waals surface area contributed by atoms with E-state index in [1.54, 1.807) is 0 Å². The van der Waals surface area contributed by atoms with Gasteiger partial charge in [-0.25, -0.2) is 4.39 Å². The molecule has 6 rings (SSSR count). The lowest BCUT2D eigenvalue weighted by Gasteiger charge is -2.72. The van der Waals surface area contributed by atoms with Crippen molar-refractivity contribution in [2.45, 2.75) is 105 Å². The third-order valence-corrected chi connectivity index (χ3v) is 14.6. The van der Waals surface area contributed by atoms with Crippen LogP contribution in [0, 0.1) is 51.2 Å². The maximum atomic E-state index is 13.5. The Hall–Kier alpha value is -1.74. The minimum Gasteiger partial charge on any atom is -0.308 e. The van der Waals surface area contributed by atoms with Gasteiger partial charge in [-0.3, -0.25) is 4.79 Å². The fourth-order valence-electron chi connectivity index (χ4n) is 12.6. The van der Waals surface area contributed by atoms with Crippen LogP contribution in [0.2, 0.25) is 0 Å². The highest BCUT2D eigenvalue weighted by Crippen LogP contribution is 2.76. The molecule has 9 atom stereocenters. The van der Waals surface area contributed by atoms with Gasteiger partial charge in [0.25, 0.3) is 0 Å². The monoisotopic (exact) mass is 559 g/mol. The number of carbonyl (C=O) groups excluding carboxylic acids is 1. The van der Waals surface area contributed by atoms with E-state index in [1.807, 2.05) is 12.1 Å². The van der Waals surface area contributed by atoms with E-state index in [9.17, 15) is 9.18 Å². The molecular weight excluding hydrogens is 505 g/mol. The summed E-state index contributed by atoms with van der Waals surface area (Å²) < 4.78 is 13.5. The Morgan fingerprint density at radius 2 is 1.68 bits per heavy atom. The molecule has 0 heterocycles. The predicted molar refractivity (Wildman–Crippen MR) is 168 cm³/mol. The van der Waals surface area contributed by atoms with Gasteiger partial charge in [0.2, 0.25) is 0 Å². The van der Waals surface area contributed by atoms with Gasteiger partial charge in [0.05, 0.1) is 0 Å². The molecule has 5 aliphatic rings. The Labute approximate surface area is 249 Å². The lowest BCUT2D eigenvalue weighted by Crippen LogP contribution is -2.68. The molecule has 0 unspecified atom stereocenters. The summed E-state index contributed by atoms with van der Waals surface area (Å²) in [5, 5.41) is 3.81. The van der Waals surface area contributed by atoms with Gasteiger partial charge in [-0.15, -0.1) is 0 Å². The Morgan fingerprint density at radius 1 is 0.951 bits per heavy atom. The number of fused-ring (bicyclic) bond motifs is 7. The highest BCUT2D eigenvalue weighted by Gasteiger charge is 2.70. The average Bonchev–Trinajstić information content (AvgIpc) is 3.32. The molecule has 224 valence electrons. The van der Waals surface area contributed by atoms with Gasteiger partial charge in [0.15, 0.2) is 0 Å². The average molecular weight is 560 g/mol. The molecule has 0 aromatic heterocycles. The molecule has 0 saturated heterocycles. The zero-order valence-electron chi connectivity index (χ0n) is 26.6. The number of carbonyl (C=O) groups is 1. The first-order valence-corrected chi connectivity index (χ1v) is 16.6. The fraction of sp³-hybridized carbons (Fsp3) is 0.711. The van der Waals surface area contributed by atoms with E-state index in [0.717, 1.165) is 18.3 Å². The molecule has 1 aromatic carbocycles. The first-order valence-electron chi connectivity index (χ1n) is 16.6. The molecule has 1 aromatic rings. The number of rotatable bonds is 6. The molecule has 0 spiro atoms. The van der Waals surface area contributed by atoms with Gasteiger partial charge in [-0.05, 0) is 127 Å². The lowest BCUT2D eigenvalue weighted by atomic mass is 9.33. The normalized spacial score (nSPS) is 44.6. The van der Waals surface area contributed by atoms with E-state index in [1.165, 1.54) is 68.1 Å². The van der Waals surface area contributed by atoms with E-state index in [2.05, 4.69) is 71.6 Å². The van der Waals surface area contributed by atoms with Crippen LogP contribution in [0.1, 0.15) is 115 Å². The van der Waals surface area contributed by atoms with Crippen LogP contribution in [0.25, 0.3) is 5.57 Å². The summed E-state index contributed by atoms with van der Waals surface area (Å²) in [6.45, 7) is 20.0. The van der Waals surface area contributed by atoms with Crippen LogP contribution in [-0.4, -0.2) is 25.0 Å². The second kappa shape index (κ2) is 9.90. The minimum atomic E-state index is -0.278. The number of hydrogen-bond acceptors (Lipinski definition) is 2. The maximum absolute atomic E-state index is 13.5. The van der Waals surface area contributed by atoms with Crippen molar-refractivity contribution in [1.82, 2.24) is 5.32 Å². The Kier molecular flexibility index (Phi) is 7.08. The molecule has 1 N–H and O–H groups in total. The van der Waals surface area contributed by atoms with Crippen LogP contribution in [0.3, 0.4) is 0 Å². The standard InChI is InChI=1S/C38H54FNO/c1-25(2)28-14-19-38(40-23-22-39)21-20-36(6)30(33(28)38)12-13-32-35(5)17-15-29(27-10-8-26(24-41)9-11-27)34(3,4)31(35)16-18-37(32,36)7/h8-11,15,24,28,30-33,40H,1,12-14,16-23H2,2-7H3/t28-,30+,31-,32+,33+,35-,36+,37+,38-/m0/s1. The van der Waals surface area contributed by atoms with Crippen molar-refractivity contribution < 1.29 is 9.18 Å². The number of alkyl halides is 1. The van der Waals surface area contributed by atoms with Gasteiger partial charge in [0, 0.05) is 17.6 Å². The minimum absolute atomic E-state index is 0.0866. The van der Waals surface area contributed by atoms with Gasteiger partial charge >= 0.3 is 0 Å². The van der Waals surface area contributed by atoms with Crippen molar-refractivity contribution in [2.24, 2.45) is 51.2 Å². The van der Waals surface area contributed by atoms with Gasteiger partial charge in [-0.2, -0.15) is 0 Å². The quantitative estimate of drug-likeness (QED) is 0.278. The third-order valence-electron chi connectivity index (χ3n) is 14.6. The summed E-state index contributed by atoms with van der Waals surface area (Å²) in [5.74, 6) is 3.16. The van der Waals surface area contributed by atoms with Crippen LogP contribution in [-0.2, 0) is 0 Å². The first-order chi connectivity index (χ1) is 19.4. The highest BCUT2D eigenvalue weighted by atomic mass is 19.1. The van der Waals surface area contributed by atoms with Crippen LogP contribution in [0.5, 0.6) is 0 Å².